The van der Waals surface area contributed by atoms with Gasteiger partial charge in [0.05, 0.1) is 0 Å². The molecular formula is C22H28N2O. The van der Waals surface area contributed by atoms with Gasteiger partial charge in [-0.25, -0.2) is 5.48 Å². The molecule has 132 valence electrons. The van der Waals surface area contributed by atoms with Gasteiger partial charge in [-0.2, -0.15) is 0 Å². The van der Waals surface area contributed by atoms with Crippen LogP contribution in [-0.4, -0.2) is 18.8 Å². The van der Waals surface area contributed by atoms with E-state index >= 15 is 0 Å². The Morgan fingerprint density at radius 2 is 1.96 bits per heavy atom. The Kier molecular flexibility index (Phi) is 7.45. The van der Waals surface area contributed by atoms with Crippen molar-refractivity contribution in [2.24, 2.45) is 0 Å². The van der Waals surface area contributed by atoms with Crippen molar-refractivity contribution in [1.82, 2.24) is 5.48 Å². The van der Waals surface area contributed by atoms with E-state index < -0.39 is 0 Å². The quantitative estimate of drug-likeness (QED) is 0.635. The highest BCUT2D eigenvalue weighted by atomic mass is 16.5. The Balaban J connectivity index is 1.92. The zero-order chi connectivity index (χ0) is 18.1. The molecule has 0 saturated carbocycles. The summed E-state index contributed by atoms with van der Waals surface area (Å²) in [5, 5.41) is 8.60. The molecule has 0 atom stereocenters. The highest BCUT2D eigenvalue weighted by molar-refractivity contribution is 5.62. The summed E-state index contributed by atoms with van der Waals surface area (Å²) >= 11 is 0. The average Bonchev–Trinajstić information content (AvgIpc) is 2.62. The molecule has 0 radical (unpaired) electrons. The second-order valence-electron chi connectivity index (χ2n) is 6.27. The van der Waals surface area contributed by atoms with Crippen LogP contribution < -0.4 is 10.4 Å². The van der Waals surface area contributed by atoms with E-state index in [0.717, 1.165) is 30.5 Å². The van der Waals surface area contributed by atoms with Gasteiger partial charge in [0.25, 0.3) is 0 Å². The summed E-state index contributed by atoms with van der Waals surface area (Å²) in [7, 11) is 2.08. The maximum Gasteiger partial charge on any atom is 0.0435 e. The van der Waals surface area contributed by atoms with Gasteiger partial charge in [0.15, 0.2) is 0 Å². The smallest absolute Gasteiger partial charge is 0.0435 e. The van der Waals surface area contributed by atoms with E-state index in [9.17, 15) is 0 Å². The van der Waals surface area contributed by atoms with Crippen molar-refractivity contribution in [1.29, 1.82) is 0 Å². The van der Waals surface area contributed by atoms with Gasteiger partial charge in [0, 0.05) is 25.0 Å². The normalized spacial score (nSPS) is 11.0. The van der Waals surface area contributed by atoms with Gasteiger partial charge >= 0.3 is 0 Å². The molecule has 0 aromatic heterocycles. The molecule has 0 aliphatic rings. The van der Waals surface area contributed by atoms with E-state index in [1.807, 2.05) is 12.2 Å². The summed E-state index contributed by atoms with van der Waals surface area (Å²) in [5.74, 6) is 0. The molecule has 0 fully saturated rings. The van der Waals surface area contributed by atoms with Crippen molar-refractivity contribution in [2.75, 3.05) is 18.5 Å². The standard InChI is InChI=1S/C22H28N2O/c1-18-17-21(13-8-16-23-25)14-15-22(18)24(3)19(2)9-7-12-20-10-5-4-6-11-20/h4-6,8,10-11,13-15,17,23,25H,2,7,9,12,16H2,1,3H3/b13-8+. The van der Waals surface area contributed by atoms with Crippen molar-refractivity contribution < 1.29 is 5.21 Å². The van der Waals surface area contributed by atoms with Gasteiger partial charge in [-0.15, -0.1) is 0 Å². The summed E-state index contributed by atoms with van der Waals surface area (Å²) in [6.45, 7) is 6.82. The van der Waals surface area contributed by atoms with E-state index in [0.29, 0.717) is 6.54 Å². The fraction of sp³-hybridized carbons (Fsp3) is 0.273. The topological polar surface area (TPSA) is 35.5 Å². The van der Waals surface area contributed by atoms with E-state index in [2.05, 4.69) is 79.5 Å². The van der Waals surface area contributed by atoms with Gasteiger partial charge in [-0.1, -0.05) is 55.1 Å². The van der Waals surface area contributed by atoms with Crippen molar-refractivity contribution in [3.63, 3.8) is 0 Å². The van der Waals surface area contributed by atoms with Crippen LogP contribution in [0.4, 0.5) is 5.69 Å². The summed E-state index contributed by atoms with van der Waals surface area (Å²) in [6.07, 6.45) is 7.04. The first kappa shape index (κ1) is 19.0. The molecule has 0 unspecified atom stereocenters. The van der Waals surface area contributed by atoms with Crippen molar-refractivity contribution in [3.05, 3.63) is 83.6 Å². The molecule has 3 nitrogen and oxygen atoms in total. The number of hydrogen-bond donors (Lipinski definition) is 2. The third-order valence-electron chi connectivity index (χ3n) is 4.35. The zero-order valence-electron chi connectivity index (χ0n) is 15.2. The summed E-state index contributed by atoms with van der Waals surface area (Å²) in [5.41, 5.74) is 8.15. The van der Waals surface area contributed by atoms with Gasteiger partial charge in [-0.05, 0) is 55.0 Å². The Hall–Kier alpha value is -2.36. The number of rotatable bonds is 9. The molecule has 2 N–H and O–H groups in total. The summed E-state index contributed by atoms with van der Waals surface area (Å²) < 4.78 is 0. The van der Waals surface area contributed by atoms with Crippen molar-refractivity contribution in [2.45, 2.75) is 26.2 Å². The third kappa shape index (κ3) is 5.89. The minimum atomic E-state index is 0.443. The minimum Gasteiger partial charge on any atom is -0.349 e. The van der Waals surface area contributed by atoms with Crippen LogP contribution in [0.1, 0.15) is 29.5 Å². The Morgan fingerprint density at radius 3 is 2.64 bits per heavy atom. The fourth-order valence-corrected chi connectivity index (χ4v) is 2.89. The van der Waals surface area contributed by atoms with Gasteiger partial charge in [0.2, 0.25) is 0 Å². The molecule has 2 aromatic carbocycles. The number of hydrogen-bond acceptors (Lipinski definition) is 3. The summed E-state index contributed by atoms with van der Waals surface area (Å²) in [4.78, 5) is 2.18. The van der Waals surface area contributed by atoms with Crippen LogP contribution in [0.15, 0.2) is 66.9 Å². The molecule has 0 bridgehead atoms. The fourth-order valence-electron chi connectivity index (χ4n) is 2.89. The number of nitrogens with zero attached hydrogens (tertiary/aromatic N) is 1. The van der Waals surface area contributed by atoms with Gasteiger partial charge in [-0.3, -0.25) is 0 Å². The maximum atomic E-state index is 8.60. The SMILES string of the molecule is C=C(CCCc1ccccc1)N(C)c1ccc(/C=C/CNO)cc1C. The zero-order valence-corrected chi connectivity index (χ0v) is 15.2. The Labute approximate surface area is 151 Å². The number of anilines is 1. The Morgan fingerprint density at radius 1 is 1.20 bits per heavy atom. The lowest BCUT2D eigenvalue weighted by Gasteiger charge is -2.24. The van der Waals surface area contributed by atoms with E-state index in [1.165, 1.54) is 16.8 Å². The first-order valence-electron chi connectivity index (χ1n) is 8.71. The number of allylic oxidation sites excluding steroid dienone is 1. The van der Waals surface area contributed by atoms with Gasteiger partial charge < -0.3 is 10.1 Å². The Bertz CT molecular complexity index is 707. The molecule has 0 amide bonds. The van der Waals surface area contributed by atoms with Crippen LogP contribution in [0, 0.1) is 6.92 Å². The van der Waals surface area contributed by atoms with E-state index in [-0.39, 0.29) is 0 Å². The molecule has 2 rings (SSSR count). The van der Waals surface area contributed by atoms with Crippen molar-refractivity contribution >= 4 is 11.8 Å². The lowest BCUT2D eigenvalue weighted by atomic mass is 10.1. The minimum absolute atomic E-state index is 0.443. The highest BCUT2D eigenvalue weighted by Crippen LogP contribution is 2.25. The largest absolute Gasteiger partial charge is 0.349 e. The van der Waals surface area contributed by atoms with Crippen LogP contribution in [0.25, 0.3) is 6.08 Å². The van der Waals surface area contributed by atoms with Crippen LogP contribution in [-0.2, 0) is 6.42 Å². The molecule has 25 heavy (non-hydrogen) atoms. The van der Waals surface area contributed by atoms with Crippen LogP contribution in [0.2, 0.25) is 0 Å². The van der Waals surface area contributed by atoms with Gasteiger partial charge in [0.1, 0.15) is 0 Å². The number of aryl methyl sites for hydroxylation is 2. The third-order valence-corrected chi connectivity index (χ3v) is 4.35. The molecule has 2 aromatic rings. The summed E-state index contributed by atoms with van der Waals surface area (Å²) in [6, 6.07) is 17.0. The molecule has 0 saturated heterocycles. The molecule has 3 heteroatoms. The monoisotopic (exact) mass is 336 g/mol. The number of hydroxylamine groups is 1. The lowest BCUT2D eigenvalue weighted by molar-refractivity contribution is 0.180. The second-order valence-corrected chi connectivity index (χ2v) is 6.27. The average molecular weight is 336 g/mol. The number of benzene rings is 2. The van der Waals surface area contributed by atoms with E-state index in [1.54, 1.807) is 0 Å². The van der Waals surface area contributed by atoms with Crippen LogP contribution >= 0.6 is 0 Å². The van der Waals surface area contributed by atoms with Crippen LogP contribution in [0.5, 0.6) is 0 Å². The first-order chi connectivity index (χ1) is 12.1. The second kappa shape index (κ2) is 9.82. The van der Waals surface area contributed by atoms with E-state index in [4.69, 9.17) is 5.21 Å². The first-order valence-corrected chi connectivity index (χ1v) is 8.71. The number of nitrogens with one attached hydrogen (secondary N) is 1. The van der Waals surface area contributed by atoms with Crippen LogP contribution in [0.3, 0.4) is 0 Å². The predicted molar refractivity (Wildman–Crippen MR) is 107 cm³/mol. The molecular weight excluding hydrogens is 308 g/mol. The molecule has 0 spiro atoms. The molecule has 0 heterocycles. The lowest BCUT2D eigenvalue weighted by Crippen LogP contribution is -2.16. The van der Waals surface area contributed by atoms with Crippen molar-refractivity contribution in [3.8, 4) is 0 Å². The predicted octanol–water partition coefficient (Wildman–Crippen LogP) is 4.96. The maximum absolute atomic E-state index is 8.60. The molecule has 0 aliphatic carbocycles. The highest BCUT2D eigenvalue weighted by Gasteiger charge is 2.08. The molecule has 0 aliphatic heterocycles.